The summed E-state index contributed by atoms with van der Waals surface area (Å²) in [5, 5.41) is 11.4. The summed E-state index contributed by atoms with van der Waals surface area (Å²) in [6.07, 6.45) is 15.9. The summed E-state index contributed by atoms with van der Waals surface area (Å²) in [5.74, 6) is 0.694. The van der Waals surface area contributed by atoms with E-state index in [4.69, 9.17) is 0 Å². The van der Waals surface area contributed by atoms with Crippen LogP contribution in [0.2, 0.25) is 0 Å². The van der Waals surface area contributed by atoms with Gasteiger partial charge in [0.25, 0.3) is 0 Å². The summed E-state index contributed by atoms with van der Waals surface area (Å²) in [5.41, 5.74) is 11.6. The van der Waals surface area contributed by atoms with Crippen molar-refractivity contribution in [2.24, 2.45) is 10.9 Å². The fraction of sp³-hybridized carbons (Fsp3) is 0.373. The topological polar surface area (TPSA) is 121 Å². The van der Waals surface area contributed by atoms with Gasteiger partial charge < -0.3 is 31.2 Å². The van der Waals surface area contributed by atoms with Gasteiger partial charge >= 0.3 is 0 Å². The summed E-state index contributed by atoms with van der Waals surface area (Å²) in [7, 11) is 3.92. The quantitative estimate of drug-likeness (QED) is 0.0695. The van der Waals surface area contributed by atoms with Crippen LogP contribution in [0.5, 0.6) is 0 Å². The van der Waals surface area contributed by atoms with E-state index in [2.05, 4.69) is 50.1 Å². The highest BCUT2D eigenvalue weighted by atomic mass is 16.2. The van der Waals surface area contributed by atoms with Crippen molar-refractivity contribution < 1.29 is 14.4 Å². The SMILES string of the molecule is C=N/C(=C\N(C)c1cccc(NC(=O)CCCN2CCCC2)c1)c1ccccc1NC(=O)Cc1ccccc1C1=CC(c2cccc(NC(=O)CCCC3CCCC3)c2)N(C)N1. The Bertz CT molecular complexity index is 2260. The zero-order valence-electron chi connectivity index (χ0n) is 36.4. The van der Waals surface area contributed by atoms with Gasteiger partial charge in [0, 0.05) is 61.3 Å². The van der Waals surface area contributed by atoms with Crippen LogP contribution < -0.4 is 26.3 Å². The van der Waals surface area contributed by atoms with E-state index in [0.717, 1.165) is 89.8 Å². The number of rotatable bonds is 19. The van der Waals surface area contributed by atoms with Crippen LogP contribution in [0.1, 0.15) is 98.9 Å². The molecule has 1 aliphatic carbocycles. The summed E-state index contributed by atoms with van der Waals surface area (Å²) >= 11 is 0. The minimum absolute atomic E-state index is 0.0106. The molecule has 3 aliphatic rings. The second kappa shape index (κ2) is 21.7. The van der Waals surface area contributed by atoms with Gasteiger partial charge in [-0.3, -0.25) is 19.4 Å². The first-order valence-electron chi connectivity index (χ1n) is 22.3. The van der Waals surface area contributed by atoms with E-state index in [1.165, 1.54) is 38.5 Å². The standard InChI is InChI=1S/C51H62N8O3/c1-52-47(36-57(2)42-23-14-22-41(34-42)54-50(61)28-15-31-59-29-10-11-30-59)44-25-8-9-26-45(44)55-51(62)33-38-19-6-7-24-43(38)46-35-48(58(3)56-46)39-20-13-21-40(32-39)53-49(60)27-12-18-37-16-4-5-17-37/h6-9,13-14,19-26,32,34-37,48,56H,1,4-5,10-12,15-18,27-31,33H2,2-3H3,(H,53,60)(H,54,61)(H,55,62)/b47-36-. The normalized spacial score (nSPS) is 17.0. The van der Waals surface area contributed by atoms with Crippen molar-refractivity contribution in [3.05, 3.63) is 132 Å². The maximum atomic E-state index is 13.8. The molecular weight excluding hydrogens is 773 g/mol. The predicted molar refractivity (Wildman–Crippen MR) is 254 cm³/mol. The molecule has 2 heterocycles. The maximum absolute atomic E-state index is 13.8. The molecule has 1 saturated heterocycles. The van der Waals surface area contributed by atoms with Gasteiger partial charge in [0.05, 0.1) is 29.5 Å². The number of nitrogens with zero attached hydrogens (tertiary/aromatic N) is 4. The lowest BCUT2D eigenvalue weighted by molar-refractivity contribution is -0.117. The fourth-order valence-electron chi connectivity index (χ4n) is 8.98. The van der Waals surface area contributed by atoms with Gasteiger partial charge in [-0.05, 0) is 118 Å². The van der Waals surface area contributed by atoms with Crippen LogP contribution in [-0.2, 0) is 20.8 Å². The molecule has 0 aromatic heterocycles. The van der Waals surface area contributed by atoms with Crippen LogP contribution in [0, 0.1) is 5.92 Å². The summed E-state index contributed by atoms with van der Waals surface area (Å²) in [6, 6.07) is 31.2. The van der Waals surface area contributed by atoms with E-state index in [1.54, 1.807) is 0 Å². The molecule has 0 radical (unpaired) electrons. The number of hydrazine groups is 1. The van der Waals surface area contributed by atoms with Gasteiger partial charge in [-0.1, -0.05) is 86.3 Å². The minimum Gasteiger partial charge on any atom is -0.349 e. The zero-order chi connectivity index (χ0) is 43.3. The Balaban J connectivity index is 0.975. The lowest BCUT2D eigenvalue weighted by atomic mass is 9.99. The number of hydrogen-bond acceptors (Lipinski definition) is 8. The first-order chi connectivity index (χ1) is 30.2. The third-order valence-corrected chi connectivity index (χ3v) is 12.3. The highest BCUT2D eigenvalue weighted by molar-refractivity contribution is 5.96. The molecule has 2 aliphatic heterocycles. The van der Waals surface area contributed by atoms with E-state index >= 15 is 0 Å². The molecule has 62 heavy (non-hydrogen) atoms. The average Bonchev–Trinajstić information content (AvgIpc) is 4.07. The molecule has 7 rings (SSSR count). The number of benzene rings is 4. The first-order valence-corrected chi connectivity index (χ1v) is 22.3. The van der Waals surface area contributed by atoms with E-state index in [1.807, 2.05) is 121 Å². The number of amides is 3. The number of nitrogens with one attached hydrogen (secondary N) is 4. The van der Waals surface area contributed by atoms with Crippen molar-refractivity contribution in [1.29, 1.82) is 0 Å². The van der Waals surface area contributed by atoms with Crippen molar-refractivity contribution in [2.75, 3.05) is 54.6 Å². The molecule has 2 fully saturated rings. The first kappa shape index (κ1) is 44.0. The van der Waals surface area contributed by atoms with Crippen molar-refractivity contribution >= 4 is 58.6 Å². The third kappa shape index (κ3) is 12.1. The molecule has 0 bridgehead atoms. The van der Waals surface area contributed by atoms with Gasteiger partial charge in [-0.2, -0.15) is 0 Å². The van der Waals surface area contributed by atoms with Crippen LogP contribution in [0.15, 0.2) is 114 Å². The van der Waals surface area contributed by atoms with E-state index in [9.17, 15) is 14.4 Å². The highest BCUT2D eigenvalue weighted by Crippen LogP contribution is 2.34. The van der Waals surface area contributed by atoms with Crippen LogP contribution in [0.25, 0.3) is 11.4 Å². The van der Waals surface area contributed by atoms with Crippen LogP contribution in [0.3, 0.4) is 0 Å². The molecule has 0 spiro atoms. The van der Waals surface area contributed by atoms with Crippen molar-refractivity contribution in [2.45, 2.75) is 83.1 Å². The Kier molecular flexibility index (Phi) is 15.4. The minimum atomic E-state index is -0.166. The Labute approximate surface area is 367 Å². The van der Waals surface area contributed by atoms with Gasteiger partial charge in [0.1, 0.15) is 0 Å². The molecule has 1 atom stereocenters. The molecule has 3 amide bonds. The monoisotopic (exact) mass is 834 g/mol. The van der Waals surface area contributed by atoms with Crippen molar-refractivity contribution in [3.8, 4) is 0 Å². The van der Waals surface area contributed by atoms with Crippen molar-refractivity contribution in [3.63, 3.8) is 0 Å². The Morgan fingerprint density at radius 1 is 0.806 bits per heavy atom. The second-order valence-electron chi connectivity index (χ2n) is 16.9. The molecule has 1 unspecified atom stereocenters. The second-order valence-corrected chi connectivity index (χ2v) is 16.9. The highest BCUT2D eigenvalue weighted by Gasteiger charge is 2.26. The van der Waals surface area contributed by atoms with E-state index in [0.29, 0.717) is 24.2 Å². The van der Waals surface area contributed by atoms with Crippen LogP contribution in [0.4, 0.5) is 22.7 Å². The molecule has 11 nitrogen and oxygen atoms in total. The lowest BCUT2D eigenvalue weighted by Crippen LogP contribution is -2.30. The third-order valence-electron chi connectivity index (χ3n) is 12.3. The van der Waals surface area contributed by atoms with E-state index in [-0.39, 0.29) is 30.2 Å². The molecule has 324 valence electrons. The molecule has 11 heteroatoms. The smallest absolute Gasteiger partial charge is 0.228 e. The maximum Gasteiger partial charge on any atom is 0.228 e. The van der Waals surface area contributed by atoms with Crippen molar-refractivity contribution in [1.82, 2.24) is 15.3 Å². The largest absolute Gasteiger partial charge is 0.349 e. The summed E-state index contributed by atoms with van der Waals surface area (Å²) in [4.78, 5) is 48.1. The van der Waals surface area contributed by atoms with Crippen LogP contribution in [-0.4, -0.2) is 68.1 Å². The number of anilines is 4. The molecule has 4 aromatic rings. The zero-order valence-corrected chi connectivity index (χ0v) is 36.4. The molecule has 4 N–H and O–H groups in total. The summed E-state index contributed by atoms with van der Waals surface area (Å²) < 4.78 is 0. The predicted octanol–water partition coefficient (Wildman–Crippen LogP) is 9.65. The average molecular weight is 835 g/mol. The number of hydrogen-bond donors (Lipinski definition) is 4. The Hall–Kier alpha value is -6.04. The number of carbonyl (C=O) groups excluding carboxylic acids is 3. The molecule has 4 aromatic carbocycles. The number of aliphatic imine (C=N–C) groups is 1. The Morgan fingerprint density at radius 2 is 1.50 bits per heavy atom. The van der Waals surface area contributed by atoms with Gasteiger partial charge in [-0.15, -0.1) is 0 Å². The fourth-order valence-corrected chi connectivity index (χ4v) is 8.98. The van der Waals surface area contributed by atoms with Gasteiger partial charge in [0.15, 0.2) is 0 Å². The van der Waals surface area contributed by atoms with Crippen LogP contribution >= 0.6 is 0 Å². The summed E-state index contributed by atoms with van der Waals surface area (Å²) in [6.45, 7) is 7.09. The molecule has 1 saturated carbocycles. The molecular formula is C51H62N8O3. The van der Waals surface area contributed by atoms with Gasteiger partial charge in [-0.25, -0.2) is 5.01 Å². The number of likely N-dealkylation sites (N-methyl/N-ethyl adjacent to an activating group) is 1. The lowest BCUT2D eigenvalue weighted by Gasteiger charge is -2.21. The van der Waals surface area contributed by atoms with Gasteiger partial charge in [0.2, 0.25) is 17.7 Å². The number of likely N-dealkylation sites (tertiary alicyclic amines) is 1. The number of para-hydroxylation sites is 1. The van der Waals surface area contributed by atoms with E-state index < -0.39 is 0 Å². The number of carbonyl (C=O) groups is 3. The Morgan fingerprint density at radius 3 is 2.27 bits per heavy atom.